The molecular weight excluding hydrogens is 388 g/mol. The van der Waals surface area contributed by atoms with E-state index in [1.54, 1.807) is 19.2 Å². The Morgan fingerprint density at radius 1 is 1.17 bits per heavy atom. The molecule has 0 bridgehead atoms. The molecule has 2 aromatic carbocycles. The molecule has 29 heavy (non-hydrogen) atoms. The third-order valence-electron chi connectivity index (χ3n) is 5.04. The van der Waals surface area contributed by atoms with Crippen LogP contribution in [0, 0.1) is 10.1 Å². The van der Waals surface area contributed by atoms with Gasteiger partial charge in [-0.1, -0.05) is 6.07 Å². The lowest BCUT2D eigenvalue weighted by Gasteiger charge is -2.39. The van der Waals surface area contributed by atoms with Crippen LogP contribution in [0.1, 0.15) is 17.3 Å². The highest BCUT2D eigenvalue weighted by molar-refractivity contribution is 7.80. The molecule has 0 radical (unpaired) electrons. The van der Waals surface area contributed by atoms with Gasteiger partial charge in [-0.3, -0.25) is 10.1 Å². The van der Waals surface area contributed by atoms with E-state index >= 15 is 0 Å². The molecule has 2 heterocycles. The largest absolute Gasteiger partial charge is 0.497 e. The van der Waals surface area contributed by atoms with E-state index in [-0.39, 0.29) is 16.7 Å². The van der Waals surface area contributed by atoms with Gasteiger partial charge in [0.25, 0.3) is 5.69 Å². The molecule has 4 rings (SSSR count). The zero-order valence-electron chi connectivity index (χ0n) is 15.8. The van der Waals surface area contributed by atoms with Crippen LogP contribution in [0.5, 0.6) is 5.75 Å². The van der Waals surface area contributed by atoms with Gasteiger partial charge in [-0.25, -0.2) is 0 Å². The van der Waals surface area contributed by atoms with Gasteiger partial charge >= 0.3 is 0 Å². The highest BCUT2D eigenvalue weighted by Crippen LogP contribution is 2.34. The van der Waals surface area contributed by atoms with E-state index in [1.165, 1.54) is 12.1 Å². The predicted molar refractivity (Wildman–Crippen MR) is 115 cm³/mol. The van der Waals surface area contributed by atoms with Crippen molar-refractivity contribution in [3.8, 4) is 5.75 Å². The number of nitrogens with zero attached hydrogens (tertiary/aromatic N) is 3. The zero-order chi connectivity index (χ0) is 20.4. The molecule has 7 nitrogen and oxygen atoms in total. The van der Waals surface area contributed by atoms with Crippen LogP contribution in [0.15, 0.2) is 66.9 Å². The topological polar surface area (TPSA) is 72.6 Å². The maximum Gasteiger partial charge on any atom is 0.269 e. The van der Waals surface area contributed by atoms with Gasteiger partial charge in [0, 0.05) is 48.9 Å². The quantitative estimate of drug-likeness (QED) is 0.396. The third kappa shape index (κ3) is 3.79. The Kier molecular flexibility index (Phi) is 5.18. The minimum Gasteiger partial charge on any atom is -0.497 e. The summed E-state index contributed by atoms with van der Waals surface area (Å²) in [5.74, 6) is 0.747. The molecule has 0 saturated heterocycles. The first-order chi connectivity index (χ1) is 14.1. The number of methoxy groups -OCH3 is 1. The first kappa shape index (κ1) is 18.9. The summed E-state index contributed by atoms with van der Waals surface area (Å²) < 4.78 is 7.47. The Hall–Kier alpha value is -3.39. The average Bonchev–Trinajstić information content (AvgIpc) is 3.22. The zero-order valence-corrected chi connectivity index (χ0v) is 16.6. The van der Waals surface area contributed by atoms with Crippen molar-refractivity contribution in [2.45, 2.75) is 12.6 Å². The van der Waals surface area contributed by atoms with Gasteiger partial charge in [0.05, 0.1) is 18.1 Å². The van der Waals surface area contributed by atoms with E-state index in [9.17, 15) is 10.1 Å². The predicted octanol–water partition coefficient (Wildman–Crippen LogP) is 4.21. The Labute approximate surface area is 173 Å². The number of nitrogens with one attached hydrogen (secondary N) is 1. The number of non-ortho nitro benzene ring substituents is 1. The minimum absolute atomic E-state index is 0.0728. The van der Waals surface area contributed by atoms with Crippen LogP contribution in [-0.4, -0.2) is 33.2 Å². The normalized spacial score (nSPS) is 15.5. The van der Waals surface area contributed by atoms with Gasteiger partial charge in [-0.15, -0.1) is 0 Å². The van der Waals surface area contributed by atoms with Crippen molar-refractivity contribution in [2.75, 3.05) is 19.0 Å². The molecule has 0 aliphatic carbocycles. The Balaban J connectivity index is 1.65. The Morgan fingerprint density at radius 3 is 2.69 bits per heavy atom. The smallest absolute Gasteiger partial charge is 0.269 e. The molecule has 0 amide bonds. The molecule has 1 atom stereocenters. The summed E-state index contributed by atoms with van der Waals surface area (Å²) >= 11 is 5.74. The molecule has 0 saturated carbocycles. The molecule has 0 fully saturated rings. The van der Waals surface area contributed by atoms with E-state index in [4.69, 9.17) is 17.0 Å². The van der Waals surface area contributed by atoms with Crippen LogP contribution in [0.25, 0.3) is 0 Å². The highest BCUT2D eigenvalue weighted by atomic mass is 32.1. The number of anilines is 1. The molecule has 1 aliphatic rings. The van der Waals surface area contributed by atoms with Crippen molar-refractivity contribution in [1.29, 1.82) is 0 Å². The summed E-state index contributed by atoms with van der Waals surface area (Å²) in [7, 11) is 1.63. The summed E-state index contributed by atoms with van der Waals surface area (Å²) in [5, 5.41) is 14.9. The second-order valence-corrected chi connectivity index (χ2v) is 7.12. The molecule has 1 aliphatic heterocycles. The van der Waals surface area contributed by atoms with Gasteiger partial charge in [0.15, 0.2) is 5.11 Å². The van der Waals surface area contributed by atoms with E-state index in [2.05, 4.69) is 20.9 Å². The van der Waals surface area contributed by atoms with Crippen LogP contribution < -0.4 is 10.1 Å². The average molecular weight is 408 g/mol. The number of rotatable bonds is 4. The number of nitro benzene ring substituents is 1. The second-order valence-electron chi connectivity index (χ2n) is 6.73. The standard InChI is InChI=1S/C21H20N4O3S/c1-28-18-5-2-4-16(14-18)22-21(29)24-13-12-23-11-3-6-19(23)20(24)15-7-9-17(10-8-15)25(26)27/h2-11,14,20H,12-13H2,1H3,(H,22,29)/t20-/m1/s1. The SMILES string of the molecule is COc1cccc(NC(=S)N2CCn3cccc3[C@H]2c2ccc([N+](=O)[O-])cc2)c1. The van der Waals surface area contributed by atoms with Crippen molar-refractivity contribution in [1.82, 2.24) is 9.47 Å². The van der Waals surface area contributed by atoms with E-state index in [0.29, 0.717) is 5.11 Å². The Bertz CT molecular complexity index is 1050. The van der Waals surface area contributed by atoms with Crippen LogP contribution in [-0.2, 0) is 6.54 Å². The van der Waals surface area contributed by atoms with Crippen molar-refractivity contribution in [2.24, 2.45) is 0 Å². The summed E-state index contributed by atoms with van der Waals surface area (Å²) in [6.07, 6.45) is 2.05. The maximum absolute atomic E-state index is 11.0. The lowest BCUT2D eigenvalue weighted by atomic mass is 10.00. The van der Waals surface area contributed by atoms with Crippen LogP contribution >= 0.6 is 12.2 Å². The fourth-order valence-electron chi connectivity index (χ4n) is 3.63. The molecule has 0 spiro atoms. The van der Waals surface area contributed by atoms with Gasteiger partial charge in [-0.05, 0) is 54.2 Å². The lowest BCUT2D eigenvalue weighted by Crippen LogP contribution is -2.44. The van der Waals surface area contributed by atoms with Crippen LogP contribution in [0.4, 0.5) is 11.4 Å². The van der Waals surface area contributed by atoms with Crippen LogP contribution in [0.3, 0.4) is 0 Å². The van der Waals surface area contributed by atoms with Gasteiger partial charge in [-0.2, -0.15) is 0 Å². The summed E-state index contributed by atoms with van der Waals surface area (Å²) in [6.45, 7) is 1.53. The molecular formula is C21H20N4O3S. The number of thiocarbonyl (C=S) groups is 1. The van der Waals surface area contributed by atoms with E-state index < -0.39 is 0 Å². The molecule has 0 unspecified atom stereocenters. The monoisotopic (exact) mass is 408 g/mol. The number of fused-ring (bicyclic) bond motifs is 1. The number of benzene rings is 2. The summed E-state index contributed by atoms with van der Waals surface area (Å²) in [6, 6.07) is 18.2. The minimum atomic E-state index is -0.389. The first-order valence-electron chi connectivity index (χ1n) is 9.18. The third-order valence-corrected chi connectivity index (χ3v) is 5.38. The van der Waals surface area contributed by atoms with Crippen molar-refractivity contribution in [3.63, 3.8) is 0 Å². The lowest BCUT2D eigenvalue weighted by molar-refractivity contribution is -0.384. The number of nitro groups is 1. The highest BCUT2D eigenvalue weighted by Gasteiger charge is 2.30. The second kappa shape index (κ2) is 7.92. The molecule has 1 aromatic heterocycles. The van der Waals surface area contributed by atoms with Gasteiger partial charge in [0.2, 0.25) is 0 Å². The summed E-state index contributed by atoms with van der Waals surface area (Å²) in [4.78, 5) is 12.8. The Morgan fingerprint density at radius 2 is 1.97 bits per heavy atom. The van der Waals surface area contributed by atoms with Crippen LogP contribution in [0.2, 0.25) is 0 Å². The van der Waals surface area contributed by atoms with Crippen molar-refractivity contribution >= 4 is 28.7 Å². The molecule has 3 aromatic rings. The number of ether oxygens (including phenoxy) is 1. The maximum atomic E-state index is 11.0. The van der Waals surface area contributed by atoms with Gasteiger partial charge < -0.3 is 19.5 Å². The van der Waals surface area contributed by atoms with E-state index in [0.717, 1.165) is 35.8 Å². The fourth-order valence-corrected chi connectivity index (χ4v) is 3.94. The molecule has 8 heteroatoms. The number of hydrogen-bond donors (Lipinski definition) is 1. The number of hydrogen-bond acceptors (Lipinski definition) is 4. The van der Waals surface area contributed by atoms with Gasteiger partial charge in [0.1, 0.15) is 5.75 Å². The number of aromatic nitrogens is 1. The van der Waals surface area contributed by atoms with E-state index in [1.807, 2.05) is 36.5 Å². The van der Waals surface area contributed by atoms with Crippen molar-refractivity contribution in [3.05, 3.63) is 88.2 Å². The van der Waals surface area contributed by atoms with Crippen molar-refractivity contribution < 1.29 is 9.66 Å². The summed E-state index contributed by atoms with van der Waals surface area (Å²) in [5.41, 5.74) is 2.96. The fraction of sp³-hybridized carbons (Fsp3) is 0.190. The molecule has 1 N–H and O–H groups in total. The first-order valence-corrected chi connectivity index (χ1v) is 9.58. The molecule has 148 valence electrons.